The van der Waals surface area contributed by atoms with Crippen LogP contribution in [0.2, 0.25) is 0 Å². The number of aliphatic imine (C=N–C) groups is 1. The highest BCUT2D eigenvalue weighted by Gasteiger charge is 2.32. The van der Waals surface area contributed by atoms with Gasteiger partial charge in [-0.1, -0.05) is 36.9 Å². The number of amidine groups is 1. The summed E-state index contributed by atoms with van der Waals surface area (Å²) in [5.41, 5.74) is 3.74. The molecule has 2 N–H and O–H groups in total. The molecule has 29 heavy (non-hydrogen) atoms. The molecule has 1 aliphatic heterocycles. The van der Waals surface area contributed by atoms with Crippen LogP contribution in [0.25, 0.3) is 0 Å². The fourth-order valence-corrected chi connectivity index (χ4v) is 4.01. The van der Waals surface area contributed by atoms with Crippen LogP contribution in [-0.2, 0) is 16.0 Å². The van der Waals surface area contributed by atoms with Crippen molar-refractivity contribution in [2.24, 2.45) is 4.99 Å². The van der Waals surface area contributed by atoms with E-state index < -0.39 is 5.25 Å². The average molecular weight is 412 g/mol. The van der Waals surface area contributed by atoms with Crippen molar-refractivity contribution < 1.29 is 14.3 Å². The van der Waals surface area contributed by atoms with Gasteiger partial charge in [0.05, 0.1) is 12.3 Å². The molecule has 0 bridgehead atoms. The first-order valence-electron chi connectivity index (χ1n) is 9.67. The Balaban J connectivity index is 1.63. The van der Waals surface area contributed by atoms with Gasteiger partial charge >= 0.3 is 0 Å². The predicted molar refractivity (Wildman–Crippen MR) is 118 cm³/mol. The molecule has 3 rings (SSSR count). The quantitative estimate of drug-likeness (QED) is 0.715. The van der Waals surface area contributed by atoms with E-state index in [9.17, 15) is 9.59 Å². The number of aryl methyl sites for hydroxylation is 2. The molecule has 0 aliphatic carbocycles. The molecule has 2 aromatic carbocycles. The van der Waals surface area contributed by atoms with Crippen molar-refractivity contribution in [2.75, 3.05) is 11.9 Å². The number of para-hydroxylation sites is 1. The Bertz CT molecular complexity index is 925. The molecule has 0 unspecified atom stereocenters. The van der Waals surface area contributed by atoms with Crippen LogP contribution in [0.4, 0.5) is 11.4 Å². The first-order chi connectivity index (χ1) is 14.0. The van der Waals surface area contributed by atoms with Crippen LogP contribution in [0.1, 0.15) is 31.4 Å². The summed E-state index contributed by atoms with van der Waals surface area (Å²) in [6, 6.07) is 13.2. The van der Waals surface area contributed by atoms with Crippen LogP contribution in [-0.4, -0.2) is 28.8 Å². The number of amides is 2. The highest BCUT2D eigenvalue weighted by atomic mass is 32.2. The third kappa shape index (κ3) is 5.38. The Labute approximate surface area is 175 Å². The molecule has 1 atom stereocenters. The molecule has 152 valence electrons. The summed E-state index contributed by atoms with van der Waals surface area (Å²) in [5.74, 6) is 0.343. The first kappa shape index (κ1) is 20.9. The van der Waals surface area contributed by atoms with E-state index in [4.69, 9.17) is 4.74 Å². The van der Waals surface area contributed by atoms with Gasteiger partial charge in [0.25, 0.3) is 0 Å². The van der Waals surface area contributed by atoms with Crippen molar-refractivity contribution in [1.29, 1.82) is 0 Å². The number of thioether (sulfide) groups is 1. The zero-order valence-electron chi connectivity index (χ0n) is 16.8. The standard InChI is InChI=1S/C22H25N3O3S/c1-4-15-8-6-7-14(3)20(15)24-22-25-21(27)18(29-22)13-19(26)23-16-9-11-17(12-10-16)28-5-2/h6-12,18H,4-5,13H2,1-3H3,(H,23,26)(H,24,25,27)/t18-/m0/s1. The Hall–Kier alpha value is -2.80. The van der Waals surface area contributed by atoms with E-state index in [1.54, 1.807) is 24.3 Å². The molecule has 0 saturated carbocycles. The Morgan fingerprint density at radius 3 is 2.66 bits per heavy atom. The van der Waals surface area contributed by atoms with Crippen LogP contribution in [0.5, 0.6) is 5.75 Å². The Morgan fingerprint density at radius 2 is 1.97 bits per heavy atom. The molecule has 6 nitrogen and oxygen atoms in total. The molecule has 2 aromatic rings. The number of anilines is 1. The molecule has 0 aromatic heterocycles. The summed E-state index contributed by atoms with van der Waals surface area (Å²) in [6.07, 6.45) is 0.942. The molecule has 1 aliphatic rings. The zero-order chi connectivity index (χ0) is 20.8. The van der Waals surface area contributed by atoms with Gasteiger partial charge in [-0.25, -0.2) is 4.99 Å². The lowest BCUT2D eigenvalue weighted by atomic mass is 10.1. The first-order valence-corrected chi connectivity index (χ1v) is 10.6. The summed E-state index contributed by atoms with van der Waals surface area (Å²) in [5, 5.41) is 5.67. The molecule has 1 fully saturated rings. The van der Waals surface area contributed by atoms with Gasteiger partial charge in [-0.3, -0.25) is 9.59 Å². The summed E-state index contributed by atoms with van der Waals surface area (Å²) >= 11 is 1.30. The number of ether oxygens (including phenoxy) is 1. The molecule has 7 heteroatoms. The lowest BCUT2D eigenvalue weighted by molar-refractivity contribution is -0.122. The van der Waals surface area contributed by atoms with Crippen LogP contribution < -0.4 is 15.4 Å². The molecule has 1 saturated heterocycles. The smallest absolute Gasteiger partial charge is 0.240 e. The molecule has 0 spiro atoms. The summed E-state index contributed by atoms with van der Waals surface area (Å²) in [7, 11) is 0. The van der Waals surface area contributed by atoms with Gasteiger partial charge in [0, 0.05) is 12.1 Å². The van der Waals surface area contributed by atoms with Crippen molar-refractivity contribution in [3.05, 3.63) is 53.6 Å². The van der Waals surface area contributed by atoms with Gasteiger partial charge in [0.2, 0.25) is 11.8 Å². The number of hydrogen-bond donors (Lipinski definition) is 2. The number of benzene rings is 2. The second-order valence-electron chi connectivity index (χ2n) is 6.66. The second kappa shape index (κ2) is 9.60. The minimum absolute atomic E-state index is 0.0805. The predicted octanol–water partition coefficient (Wildman–Crippen LogP) is 4.20. The van der Waals surface area contributed by atoms with Gasteiger partial charge in [-0.15, -0.1) is 0 Å². The van der Waals surface area contributed by atoms with Crippen molar-refractivity contribution in [3.63, 3.8) is 0 Å². The van der Waals surface area contributed by atoms with Crippen molar-refractivity contribution >= 4 is 40.1 Å². The van der Waals surface area contributed by atoms with Crippen LogP contribution >= 0.6 is 11.8 Å². The van der Waals surface area contributed by atoms with Gasteiger partial charge < -0.3 is 15.4 Å². The van der Waals surface area contributed by atoms with E-state index >= 15 is 0 Å². The maximum absolute atomic E-state index is 12.4. The fourth-order valence-electron chi connectivity index (χ4n) is 3.04. The van der Waals surface area contributed by atoms with Crippen LogP contribution in [0.15, 0.2) is 47.5 Å². The molecular formula is C22H25N3O3S. The lowest BCUT2D eigenvalue weighted by Gasteiger charge is -2.09. The van der Waals surface area contributed by atoms with Gasteiger partial charge in [-0.2, -0.15) is 0 Å². The Morgan fingerprint density at radius 1 is 1.21 bits per heavy atom. The minimum atomic E-state index is -0.495. The number of nitrogens with one attached hydrogen (secondary N) is 2. The maximum atomic E-state index is 12.4. The van der Waals surface area contributed by atoms with Crippen molar-refractivity contribution in [2.45, 2.75) is 38.9 Å². The normalized spacial score (nSPS) is 17.3. The lowest BCUT2D eigenvalue weighted by Crippen LogP contribution is -2.28. The molecule has 0 radical (unpaired) electrons. The van der Waals surface area contributed by atoms with Gasteiger partial charge in [0.1, 0.15) is 11.0 Å². The van der Waals surface area contributed by atoms with E-state index in [2.05, 4.69) is 22.5 Å². The average Bonchev–Trinajstić information content (AvgIpc) is 3.04. The van der Waals surface area contributed by atoms with E-state index in [0.717, 1.165) is 29.0 Å². The largest absolute Gasteiger partial charge is 0.494 e. The zero-order valence-corrected chi connectivity index (χ0v) is 17.6. The summed E-state index contributed by atoms with van der Waals surface area (Å²) in [4.78, 5) is 29.3. The monoisotopic (exact) mass is 411 g/mol. The number of nitrogens with zero attached hydrogens (tertiary/aromatic N) is 1. The third-order valence-corrected chi connectivity index (χ3v) is 5.59. The molecular weight excluding hydrogens is 386 g/mol. The van der Waals surface area contributed by atoms with Crippen LogP contribution in [0, 0.1) is 6.92 Å². The highest BCUT2D eigenvalue weighted by molar-refractivity contribution is 8.15. The SMILES string of the molecule is CCOc1ccc(NC(=O)C[C@@H]2SC(=Nc3c(C)cccc3CC)NC2=O)cc1. The number of carbonyl (C=O) groups is 2. The second-order valence-corrected chi connectivity index (χ2v) is 7.85. The van der Waals surface area contributed by atoms with E-state index in [-0.39, 0.29) is 18.2 Å². The minimum Gasteiger partial charge on any atom is -0.494 e. The number of rotatable bonds is 7. The summed E-state index contributed by atoms with van der Waals surface area (Å²) < 4.78 is 5.39. The number of carbonyl (C=O) groups excluding carboxylic acids is 2. The third-order valence-electron chi connectivity index (χ3n) is 4.51. The number of hydrogen-bond acceptors (Lipinski definition) is 5. The highest BCUT2D eigenvalue weighted by Crippen LogP contribution is 2.29. The molecule has 1 heterocycles. The van der Waals surface area contributed by atoms with Crippen LogP contribution in [0.3, 0.4) is 0 Å². The molecule has 2 amide bonds. The van der Waals surface area contributed by atoms with Gasteiger partial charge in [0.15, 0.2) is 5.17 Å². The van der Waals surface area contributed by atoms with Gasteiger partial charge in [-0.05, 0) is 55.7 Å². The van der Waals surface area contributed by atoms with E-state index in [0.29, 0.717) is 17.5 Å². The van der Waals surface area contributed by atoms with Crippen molar-refractivity contribution in [1.82, 2.24) is 5.32 Å². The topological polar surface area (TPSA) is 79.8 Å². The van der Waals surface area contributed by atoms with Crippen molar-refractivity contribution in [3.8, 4) is 5.75 Å². The summed E-state index contributed by atoms with van der Waals surface area (Å²) in [6.45, 7) is 6.58. The van der Waals surface area contributed by atoms with E-state index in [1.165, 1.54) is 11.8 Å². The van der Waals surface area contributed by atoms with E-state index in [1.807, 2.05) is 32.0 Å². The maximum Gasteiger partial charge on any atom is 0.240 e. The fraction of sp³-hybridized carbons (Fsp3) is 0.318. The Kier molecular flexibility index (Phi) is 6.93.